The van der Waals surface area contributed by atoms with E-state index in [1.807, 2.05) is 43.3 Å². The molecule has 166 valence electrons. The van der Waals surface area contributed by atoms with Crippen molar-refractivity contribution in [3.8, 4) is 5.75 Å². The summed E-state index contributed by atoms with van der Waals surface area (Å²) in [7, 11) is 1.66. The van der Waals surface area contributed by atoms with Gasteiger partial charge in [0.05, 0.1) is 12.4 Å². The number of hydrogen-bond acceptors (Lipinski definition) is 5. The predicted octanol–water partition coefficient (Wildman–Crippen LogP) is 4.00. The Balaban J connectivity index is 1.61. The fourth-order valence-corrected chi connectivity index (χ4v) is 4.64. The number of amides is 2. The van der Waals surface area contributed by atoms with Crippen molar-refractivity contribution >= 4 is 29.3 Å². The van der Waals surface area contributed by atoms with Gasteiger partial charge in [0.15, 0.2) is 0 Å². The van der Waals surface area contributed by atoms with E-state index in [2.05, 4.69) is 22.8 Å². The zero-order chi connectivity index (χ0) is 22.3. The number of anilines is 1. The van der Waals surface area contributed by atoms with Crippen LogP contribution in [0.1, 0.15) is 32.3 Å². The molecule has 2 aromatic rings. The standard InChI is InChI=1S/C24H30N2O4S/c1-17(31-22-10-6-20(7-11-22)26-18(2)27)23(28)25-16-24(12-14-30-15-13-24)19-4-8-21(29-3)9-5-19/h4-11,17H,12-16H2,1-3H3,(H,25,28)(H,26,27). The first-order valence-corrected chi connectivity index (χ1v) is 11.3. The van der Waals surface area contributed by atoms with Crippen LogP contribution in [-0.2, 0) is 19.7 Å². The number of carbonyl (C=O) groups excluding carboxylic acids is 2. The van der Waals surface area contributed by atoms with Gasteiger partial charge in [-0.1, -0.05) is 12.1 Å². The molecule has 0 spiro atoms. The first kappa shape index (κ1) is 23.2. The zero-order valence-corrected chi connectivity index (χ0v) is 19.1. The molecule has 0 saturated carbocycles. The largest absolute Gasteiger partial charge is 0.497 e. The van der Waals surface area contributed by atoms with Gasteiger partial charge in [-0.05, 0) is 61.7 Å². The van der Waals surface area contributed by atoms with Crippen molar-refractivity contribution in [3.05, 3.63) is 54.1 Å². The van der Waals surface area contributed by atoms with Gasteiger partial charge in [-0.3, -0.25) is 9.59 Å². The molecule has 0 bridgehead atoms. The quantitative estimate of drug-likeness (QED) is 0.605. The smallest absolute Gasteiger partial charge is 0.233 e. The molecule has 0 aliphatic carbocycles. The maximum atomic E-state index is 12.8. The lowest BCUT2D eigenvalue weighted by Crippen LogP contribution is -2.46. The number of carbonyl (C=O) groups is 2. The lowest BCUT2D eigenvalue weighted by Gasteiger charge is -2.38. The van der Waals surface area contributed by atoms with Crippen molar-refractivity contribution in [2.75, 3.05) is 32.2 Å². The van der Waals surface area contributed by atoms with E-state index in [1.54, 1.807) is 7.11 Å². The second-order valence-corrected chi connectivity index (χ2v) is 9.22. The Bertz CT molecular complexity index is 877. The average Bonchev–Trinajstić information content (AvgIpc) is 2.79. The Labute approximate surface area is 188 Å². The van der Waals surface area contributed by atoms with Crippen LogP contribution < -0.4 is 15.4 Å². The summed E-state index contributed by atoms with van der Waals surface area (Å²) in [5.74, 6) is 0.729. The molecule has 1 heterocycles. The molecule has 3 rings (SSSR count). The van der Waals surface area contributed by atoms with Gasteiger partial charge in [-0.15, -0.1) is 11.8 Å². The topological polar surface area (TPSA) is 76.7 Å². The zero-order valence-electron chi connectivity index (χ0n) is 18.3. The highest BCUT2D eigenvalue weighted by atomic mass is 32.2. The van der Waals surface area contributed by atoms with E-state index in [0.717, 1.165) is 29.2 Å². The summed E-state index contributed by atoms with van der Waals surface area (Å²) >= 11 is 1.50. The molecule has 31 heavy (non-hydrogen) atoms. The van der Waals surface area contributed by atoms with Crippen LogP contribution in [0.3, 0.4) is 0 Å². The SMILES string of the molecule is COc1ccc(C2(CNC(=O)C(C)Sc3ccc(NC(C)=O)cc3)CCOCC2)cc1. The monoisotopic (exact) mass is 442 g/mol. The van der Waals surface area contributed by atoms with Crippen LogP contribution in [-0.4, -0.2) is 43.9 Å². The minimum Gasteiger partial charge on any atom is -0.497 e. The number of benzene rings is 2. The fraction of sp³-hybridized carbons (Fsp3) is 0.417. The molecule has 1 fully saturated rings. The Morgan fingerprint density at radius 3 is 2.32 bits per heavy atom. The Hall–Kier alpha value is -2.51. The van der Waals surface area contributed by atoms with E-state index in [-0.39, 0.29) is 22.5 Å². The van der Waals surface area contributed by atoms with Crippen molar-refractivity contribution in [3.63, 3.8) is 0 Å². The first-order chi connectivity index (χ1) is 14.9. The number of hydrogen-bond donors (Lipinski definition) is 2. The second-order valence-electron chi connectivity index (χ2n) is 7.80. The molecule has 0 aromatic heterocycles. The van der Waals surface area contributed by atoms with E-state index in [1.165, 1.54) is 24.2 Å². The van der Waals surface area contributed by atoms with E-state index >= 15 is 0 Å². The van der Waals surface area contributed by atoms with Crippen molar-refractivity contribution in [1.82, 2.24) is 5.32 Å². The Kier molecular flexibility index (Phi) is 7.98. The van der Waals surface area contributed by atoms with Gasteiger partial charge in [0, 0.05) is 42.7 Å². The highest BCUT2D eigenvalue weighted by Crippen LogP contribution is 2.35. The second kappa shape index (κ2) is 10.7. The molecule has 1 unspecified atom stereocenters. The molecule has 0 radical (unpaired) electrons. The molecule has 2 aromatic carbocycles. The van der Waals surface area contributed by atoms with Gasteiger partial charge in [0.2, 0.25) is 11.8 Å². The van der Waals surface area contributed by atoms with Crippen LogP contribution >= 0.6 is 11.8 Å². The highest BCUT2D eigenvalue weighted by molar-refractivity contribution is 8.00. The highest BCUT2D eigenvalue weighted by Gasteiger charge is 2.35. The Morgan fingerprint density at radius 1 is 1.10 bits per heavy atom. The van der Waals surface area contributed by atoms with Gasteiger partial charge in [-0.25, -0.2) is 0 Å². The van der Waals surface area contributed by atoms with Crippen LogP contribution in [0.5, 0.6) is 5.75 Å². The molecular formula is C24H30N2O4S. The fourth-order valence-electron chi connectivity index (χ4n) is 3.75. The van der Waals surface area contributed by atoms with Crippen molar-refractivity contribution < 1.29 is 19.1 Å². The molecule has 2 amide bonds. The van der Waals surface area contributed by atoms with E-state index in [9.17, 15) is 9.59 Å². The molecule has 1 saturated heterocycles. The van der Waals surface area contributed by atoms with Crippen LogP contribution in [0.15, 0.2) is 53.4 Å². The van der Waals surface area contributed by atoms with Crippen LogP contribution in [0.25, 0.3) is 0 Å². The summed E-state index contributed by atoms with van der Waals surface area (Å²) < 4.78 is 10.9. The third-order valence-corrected chi connectivity index (χ3v) is 6.72. The Morgan fingerprint density at radius 2 is 1.74 bits per heavy atom. The minimum atomic E-state index is -0.237. The summed E-state index contributed by atoms with van der Waals surface area (Å²) in [6.45, 7) is 5.34. The molecule has 7 heteroatoms. The molecule has 1 atom stereocenters. The predicted molar refractivity (Wildman–Crippen MR) is 124 cm³/mol. The summed E-state index contributed by atoms with van der Waals surface area (Å²) in [5.41, 5.74) is 1.81. The lowest BCUT2D eigenvalue weighted by molar-refractivity contribution is -0.120. The lowest BCUT2D eigenvalue weighted by atomic mass is 9.74. The normalized spacial score (nSPS) is 16.2. The van der Waals surface area contributed by atoms with Crippen molar-refractivity contribution in [1.29, 1.82) is 0 Å². The average molecular weight is 443 g/mol. The maximum Gasteiger partial charge on any atom is 0.233 e. The van der Waals surface area contributed by atoms with E-state index in [0.29, 0.717) is 19.8 Å². The van der Waals surface area contributed by atoms with Crippen molar-refractivity contribution in [2.24, 2.45) is 0 Å². The first-order valence-electron chi connectivity index (χ1n) is 10.5. The summed E-state index contributed by atoms with van der Waals surface area (Å²) in [6, 6.07) is 15.6. The van der Waals surface area contributed by atoms with Crippen LogP contribution in [0.4, 0.5) is 5.69 Å². The number of nitrogens with one attached hydrogen (secondary N) is 2. The van der Waals surface area contributed by atoms with Gasteiger partial charge < -0.3 is 20.1 Å². The number of thioether (sulfide) groups is 1. The molecule has 2 N–H and O–H groups in total. The number of ether oxygens (including phenoxy) is 2. The van der Waals surface area contributed by atoms with Gasteiger partial charge in [0.25, 0.3) is 0 Å². The molecule has 1 aliphatic rings. The van der Waals surface area contributed by atoms with Crippen molar-refractivity contribution in [2.45, 2.75) is 42.2 Å². The minimum absolute atomic E-state index is 0.00955. The molecular weight excluding hydrogens is 412 g/mol. The number of rotatable bonds is 8. The molecule has 6 nitrogen and oxygen atoms in total. The van der Waals surface area contributed by atoms with Gasteiger partial charge in [-0.2, -0.15) is 0 Å². The maximum absolute atomic E-state index is 12.8. The third kappa shape index (κ3) is 6.24. The third-order valence-electron chi connectivity index (χ3n) is 5.61. The van der Waals surface area contributed by atoms with Gasteiger partial charge in [0.1, 0.15) is 5.75 Å². The summed E-state index contributed by atoms with van der Waals surface area (Å²) in [6.07, 6.45) is 1.73. The van der Waals surface area contributed by atoms with Gasteiger partial charge >= 0.3 is 0 Å². The van der Waals surface area contributed by atoms with E-state index in [4.69, 9.17) is 9.47 Å². The summed E-state index contributed by atoms with van der Waals surface area (Å²) in [4.78, 5) is 25.0. The van der Waals surface area contributed by atoms with E-state index < -0.39 is 0 Å². The summed E-state index contributed by atoms with van der Waals surface area (Å²) in [5, 5.41) is 5.68. The van der Waals surface area contributed by atoms with Crippen LogP contribution in [0.2, 0.25) is 0 Å². The van der Waals surface area contributed by atoms with Crippen LogP contribution in [0, 0.1) is 0 Å². The number of methoxy groups -OCH3 is 1. The molecule has 1 aliphatic heterocycles.